The number of nitrogens with one attached hydrogen (secondary N) is 2. The van der Waals surface area contributed by atoms with E-state index in [9.17, 15) is 4.79 Å². The van der Waals surface area contributed by atoms with E-state index < -0.39 is 0 Å². The van der Waals surface area contributed by atoms with E-state index in [2.05, 4.69) is 38.3 Å². The summed E-state index contributed by atoms with van der Waals surface area (Å²) in [4.78, 5) is 28.8. The third-order valence-electron chi connectivity index (χ3n) is 4.92. The van der Waals surface area contributed by atoms with E-state index in [0.29, 0.717) is 6.04 Å². The molecule has 0 aliphatic carbocycles. The molecule has 1 aliphatic heterocycles. The molecule has 138 valence electrons. The van der Waals surface area contributed by atoms with Crippen LogP contribution in [0.2, 0.25) is 0 Å². The lowest BCUT2D eigenvalue weighted by Gasteiger charge is -2.31. The molecule has 2 N–H and O–H groups in total. The first kappa shape index (κ1) is 17.4. The van der Waals surface area contributed by atoms with Gasteiger partial charge in [-0.3, -0.25) is 0 Å². The Kier molecular flexibility index (Phi) is 4.93. The van der Waals surface area contributed by atoms with Crippen molar-refractivity contribution in [1.82, 2.24) is 25.3 Å². The average Bonchev–Trinajstić information content (AvgIpc) is 2.73. The smallest absolute Gasteiger partial charge is 0.341 e. The van der Waals surface area contributed by atoms with Gasteiger partial charge in [-0.05, 0) is 43.6 Å². The van der Waals surface area contributed by atoms with Gasteiger partial charge in [-0.2, -0.15) is 0 Å². The van der Waals surface area contributed by atoms with Crippen molar-refractivity contribution < 1.29 is 0 Å². The van der Waals surface area contributed by atoms with Crippen LogP contribution in [-0.4, -0.2) is 46.1 Å². The Hall–Kier alpha value is -3.06. The average molecular weight is 362 g/mol. The molecule has 0 amide bonds. The maximum Gasteiger partial charge on any atom is 0.344 e. The van der Waals surface area contributed by atoms with Gasteiger partial charge in [0.1, 0.15) is 0 Å². The highest BCUT2D eigenvalue weighted by Gasteiger charge is 2.19. The van der Waals surface area contributed by atoms with E-state index >= 15 is 0 Å². The molecule has 1 saturated heterocycles. The summed E-state index contributed by atoms with van der Waals surface area (Å²) in [5.74, 6) is 0.775. The van der Waals surface area contributed by atoms with Crippen molar-refractivity contribution in [2.45, 2.75) is 18.9 Å². The predicted octanol–water partition coefficient (Wildman–Crippen LogP) is 2.07. The molecule has 0 unspecified atom stereocenters. The second kappa shape index (κ2) is 7.67. The normalized spacial score (nSPS) is 15.4. The van der Waals surface area contributed by atoms with Gasteiger partial charge in [-0.1, -0.05) is 18.2 Å². The number of nitrogens with zero attached hydrogens (tertiary/aromatic N) is 4. The minimum atomic E-state index is -0.347. The lowest BCUT2D eigenvalue weighted by molar-refractivity contribution is 0.440. The Morgan fingerprint density at radius 2 is 1.93 bits per heavy atom. The first-order valence-corrected chi connectivity index (χ1v) is 9.12. The molecule has 0 bridgehead atoms. The summed E-state index contributed by atoms with van der Waals surface area (Å²) in [7, 11) is 2.08. The van der Waals surface area contributed by atoms with Gasteiger partial charge < -0.3 is 15.2 Å². The lowest BCUT2D eigenvalue weighted by atomic mass is 10.1. The maximum absolute atomic E-state index is 11.0. The summed E-state index contributed by atoms with van der Waals surface area (Å²) in [6, 6.07) is 6.58. The molecule has 0 spiro atoms. The second-order valence-corrected chi connectivity index (χ2v) is 6.77. The largest absolute Gasteiger partial charge is 0.344 e. The highest BCUT2D eigenvalue weighted by molar-refractivity contribution is 5.83. The minimum Gasteiger partial charge on any atom is -0.341 e. The van der Waals surface area contributed by atoms with Gasteiger partial charge in [0.2, 0.25) is 5.95 Å². The van der Waals surface area contributed by atoms with E-state index in [1.54, 1.807) is 12.4 Å². The van der Waals surface area contributed by atoms with E-state index in [1.165, 1.54) is 0 Å². The lowest BCUT2D eigenvalue weighted by Crippen LogP contribution is -2.41. The van der Waals surface area contributed by atoms with Crippen molar-refractivity contribution in [2.75, 3.05) is 25.0 Å². The Balaban J connectivity index is 1.54. The summed E-state index contributed by atoms with van der Waals surface area (Å²) in [5.41, 5.74) is 2.46. The van der Waals surface area contributed by atoms with Crippen LogP contribution < -0.4 is 15.9 Å². The van der Waals surface area contributed by atoms with Crippen molar-refractivity contribution in [3.8, 4) is 0 Å². The molecule has 3 heterocycles. The van der Waals surface area contributed by atoms with Crippen LogP contribution in [0.1, 0.15) is 24.0 Å². The monoisotopic (exact) mass is 362 g/mol. The van der Waals surface area contributed by atoms with Gasteiger partial charge in [0.05, 0.1) is 5.52 Å². The molecule has 7 nitrogen and oxygen atoms in total. The molecule has 7 heteroatoms. The molecular formula is C20H22N6O. The SMILES string of the molecule is CN(c1ncc2cc(C=Cc3cnc(=O)[nH]c3)ccc2n1)C1CCNCC1. The quantitative estimate of drug-likeness (QED) is 0.739. The number of anilines is 1. The first-order chi connectivity index (χ1) is 13.2. The van der Waals surface area contributed by atoms with Gasteiger partial charge in [-0.15, -0.1) is 0 Å². The number of H-pyrrole nitrogens is 1. The van der Waals surface area contributed by atoms with Gasteiger partial charge in [0.25, 0.3) is 0 Å². The summed E-state index contributed by atoms with van der Waals surface area (Å²) >= 11 is 0. The fourth-order valence-electron chi connectivity index (χ4n) is 3.31. The Labute approximate surface area is 157 Å². The molecule has 2 aromatic heterocycles. The second-order valence-electron chi connectivity index (χ2n) is 6.77. The van der Waals surface area contributed by atoms with Gasteiger partial charge in [0, 0.05) is 42.6 Å². The van der Waals surface area contributed by atoms with Crippen LogP contribution in [-0.2, 0) is 0 Å². The van der Waals surface area contributed by atoms with Crippen molar-refractivity contribution in [2.24, 2.45) is 0 Å². The van der Waals surface area contributed by atoms with Crippen LogP contribution in [0.25, 0.3) is 23.1 Å². The third kappa shape index (κ3) is 4.03. The number of rotatable bonds is 4. The molecule has 1 aliphatic rings. The van der Waals surface area contributed by atoms with Crippen LogP contribution in [0.5, 0.6) is 0 Å². The topological polar surface area (TPSA) is 86.8 Å². The highest BCUT2D eigenvalue weighted by Crippen LogP contribution is 2.20. The van der Waals surface area contributed by atoms with Crippen LogP contribution in [0.15, 0.2) is 41.6 Å². The molecule has 0 saturated carbocycles. The summed E-state index contributed by atoms with van der Waals surface area (Å²) in [6.07, 6.45) is 11.2. The summed E-state index contributed by atoms with van der Waals surface area (Å²) in [5, 5.41) is 4.39. The van der Waals surface area contributed by atoms with Crippen LogP contribution >= 0.6 is 0 Å². The van der Waals surface area contributed by atoms with Crippen LogP contribution in [0.4, 0.5) is 5.95 Å². The standard InChI is InChI=1S/C20H22N6O/c1-26(17-6-8-21-9-7-17)19-22-13-16-10-14(4-5-18(16)25-19)2-3-15-11-23-20(27)24-12-15/h2-5,10-13,17,21H,6-9H2,1H3,(H,23,24,27). The number of aromatic nitrogens is 4. The fraction of sp³-hybridized carbons (Fsp3) is 0.300. The predicted molar refractivity (Wildman–Crippen MR) is 108 cm³/mol. The third-order valence-corrected chi connectivity index (χ3v) is 4.92. The van der Waals surface area contributed by atoms with Crippen molar-refractivity contribution in [3.63, 3.8) is 0 Å². The minimum absolute atomic E-state index is 0.347. The molecule has 0 radical (unpaired) electrons. The molecule has 3 aromatic rings. The Morgan fingerprint density at radius 3 is 2.70 bits per heavy atom. The zero-order valence-electron chi connectivity index (χ0n) is 15.2. The summed E-state index contributed by atoms with van der Waals surface area (Å²) < 4.78 is 0. The van der Waals surface area contributed by atoms with Gasteiger partial charge >= 0.3 is 5.69 Å². The zero-order chi connectivity index (χ0) is 18.6. The number of hydrogen-bond acceptors (Lipinski definition) is 6. The molecule has 4 rings (SSSR count). The van der Waals surface area contributed by atoms with Gasteiger partial charge in [-0.25, -0.2) is 19.7 Å². The maximum atomic E-state index is 11.0. The van der Waals surface area contributed by atoms with Gasteiger partial charge in [0.15, 0.2) is 0 Å². The van der Waals surface area contributed by atoms with E-state index in [0.717, 1.165) is 53.9 Å². The van der Waals surface area contributed by atoms with E-state index in [1.807, 2.05) is 30.5 Å². The Morgan fingerprint density at radius 1 is 1.11 bits per heavy atom. The van der Waals surface area contributed by atoms with E-state index in [4.69, 9.17) is 4.98 Å². The van der Waals surface area contributed by atoms with Crippen molar-refractivity contribution in [1.29, 1.82) is 0 Å². The zero-order valence-corrected chi connectivity index (χ0v) is 15.2. The van der Waals surface area contributed by atoms with E-state index in [-0.39, 0.29) is 5.69 Å². The Bertz CT molecular complexity index is 1000. The van der Waals surface area contributed by atoms with Crippen molar-refractivity contribution >= 4 is 29.0 Å². The first-order valence-electron chi connectivity index (χ1n) is 9.12. The number of fused-ring (bicyclic) bond motifs is 1. The number of piperidine rings is 1. The van der Waals surface area contributed by atoms with Crippen LogP contribution in [0.3, 0.4) is 0 Å². The fourth-order valence-corrected chi connectivity index (χ4v) is 3.31. The summed E-state index contributed by atoms with van der Waals surface area (Å²) in [6.45, 7) is 2.09. The number of benzene rings is 1. The molecule has 1 fully saturated rings. The van der Waals surface area contributed by atoms with Crippen molar-refractivity contribution in [3.05, 3.63) is 58.4 Å². The van der Waals surface area contributed by atoms with Crippen LogP contribution in [0, 0.1) is 0 Å². The molecule has 27 heavy (non-hydrogen) atoms. The molecule has 1 aromatic carbocycles. The molecule has 0 atom stereocenters. The number of aromatic amines is 1. The molecular weight excluding hydrogens is 340 g/mol. The number of hydrogen-bond donors (Lipinski definition) is 2. The highest BCUT2D eigenvalue weighted by atomic mass is 16.1.